The van der Waals surface area contributed by atoms with Crippen LogP contribution < -0.4 is 10.6 Å². The zero-order valence-corrected chi connectivity index (χ0v) is 14.7. The monoisotopic (exact) mass is 357 g/mol. The fourth-order valence-electron chi connectivity index (χ4n) is 1.78. The lowest BCUT2D eigenvalue weighted by Gasteiger charge is -2.16. The van der Waals surface area contributed by atoms with E-state index < -0.39 is 29.9 Å². The highest BCUT2D eigenvalue weighted by molar-refractivity contribution is 7.98. The van der Waals surface area contributed by atoms with Gasteiger partial charge in [-0.3, -0.25) is 4.79 Å². The van der Waals surface area contributed by atoms with Gasteiger partial charge in [-0.05, 0) is 30.8 Å². The highest BCUT2D eigenvalue weighted by atomic mass is 32.2. The Bertz CT molecular complexity index is 528. The standard InChI is InChI=1S/C15H23N3O5S/c1-9(2)6-12(15(22)23)18-13(19)10(7-16)8-17-11(14(20)21)4-5-24-3/h8-9,11-12,17H,4-6H2,1-3H3,(H,18,19)(H,20,21)(H,22,23)/b10-8-. The van der Waals surface area contributed by atoms with Crippen molar-refractivity contribution in [3.05, 3.63) is 11.8 Å². The van der Waals surface area contributed by atoms with Crippen LogP contribution in [-0.4, -0.2) is 52.2 Å². The summed E-state index contributed by atoms with van der Waals surface area (Å²) >= 11 is 1.48. The van der Waals surface area contributed by atoms with Gasteiger partial charge in [-0.25, -0.2) is 9.59 Å². The number of nitrogens with zero attached hydrogens (tertiary/aromatic N) is 1. The Morgan fingerprint density at radius 2 is 1.79 bits per heavy atom. The van der Waals surface area contributed by atoms with E-state index >= 15 is 0 Å². The number of aliphatic carboxylic acids is 2. The first-order chi connectivity index (χ1) is 11.2. The molecule has 0 spiro atoms. The quantitative estimate of drug-likeness (QED) is 0.314. The number of carbonyl (C=O) groups is 3. The Hall–Kier alpha value is -2.21. The number of carboxylic acids is 2. The molecule has 0 aliphatic rings. The average molecular weight is 357 g/mol. The van der Waals surface area contributed by atoms with Gasteiger partial charge in [-0.1, -0.05) is 13.8 Å². The van der Waals surface area contributed by atoms with Crippen LogP contribution in [0.1, 0.15) is 26.7 Å². The number of carbonyl (C=O) groups excluding carboxylic acids is 1. The summed E-state index contributed by atoms with van der Waals surface area (Å²) in [7, 11) is 0. The van der Waals surface area contributed by atoms with Crippen molar-refractivity contribution in [2.24, 2.45) is 5.92 Å². The molecule has 1 amide bonds. The molecule has 0 aromatic heterocycles. The number of hydrogen-bond donors (Lipinski definition) is 4. The lowest BCUT2D eigenvalue weighted by atomic mass is 10.0. The maximum absolute atomic E-state index is 12.0. The van der Waals surface area contributed by atoms with Crippen LogP contribution in [0.5, 0.6) is 0 Å². The van der Waals surface area contributed by atoms with E-state index in [2.05, 4.69) is 10.6 Å². The van der Waals surface area contributed by atoms with Crippen LogP contribution in [0.3, 0.4) is 0 Å². The van der Waals surface area contributed by atoms with Crippen LogP contribution in [-0.2, 0) is 14.4 Å². The molecule has 0 saturated heterocycles. The molecule has 0 heterocycles. The SMILES string of the molecule is CSCCC(N/C=C(/C#N)C(=O)NC(CC(C)C)C(=O)O)C(=O)O. The van der Waals surface area contributed by atoms with Gasteiger partial charge in [0, 0.05) is 6.20 Å². The summed E-state index contributed by atoms with van der Waals surface area (Å²) < 4.78 is 0. The van der Waals surface area contributed by atoms with Crippen LogP contribution in [0.15, 0.2) is 11.8 Å². The fourth-order valence-corrected chi connectivity index (χ4v) is 2.25. The second kappa shape index (κ2) is 11.3. The van der Waals surface area contributed by atoms with Crippen LogP contribution >= 0.6 is 11.8 Å². The first-order valence-electron chi connectivity index (χ1n) is 7.34. The van der Waals surface area contributed by atoms with Gasteiger partial charge < -0.3 is 20.8 Å². The van der Waals surface area contributed by atoms with Gasteiger partial charge in [-0.15, -0.1) is 0 Å². The molecule has 0 fully saturated rings. The van der Waals surface area contributed by atoms with Crippen molar-refractivity contribution < 1.29 is 24.6 Å². The van der Waals surface area contributed by atoms with Crippen LogP contribution in [0.25, 0.3) is 0 Å². The van der Waals surface area contributed by atoms with Crippen LogP contribution in [0, 0.1) is 17.2 Å². The molecular weight excluding hydrogens is 334 g/mol. The molecule has 0 rings (SSSR count). The van der Waals surface area contributed by atoms with Crippen molar-refractivity contribution in [3.8, 4) is 6.07 Å². The van der Waals surface area contributed by atoms with E-state index in [1.165, 1.54) is 11.8 Å². The normalized spacial score (nSPS) is 13.7. The summed E-state index contributed by atoms with van der Waals surface area (Å²) in [5.74, 6) is -2.50. The molecule has 0 aliphatic carbocycles. The summed E-state index contributed by atoms with van der Waals surface area (Å²) in [6, 6.07) is -0.396. The van der Waals surface area contributed by atoms with Crippen molar-refractivity contribution >= 4 is 29.6 Å². The van der Waals surface area contributed by atoms with Crippen molar-refractivity contribution in [1.82, 2.24) is 10.6 Å². The largest absolute Gasteiger partial charge is 0.480 e. The van der Waals surface area contributed by atoms with E-state index in [0.29, 0.717) is 12.2 Å². The highest BCUT2D eigenvalue weighted by Gasteiger charge is 2.23. The Kier molecular flexibility index (Phi) is 10.3. The van der Waals surface area contributed by atoms with Crippen molar-refractivity contribution in [3.63, 3.8) is 0 Å². The molecule has 4 N–H and O–H groups in total. The van der Waals surface area contributed by atoms with Gasteiger partial charge in [-0.2, -0.15) is 17.0 Å². The van der Waals surface area contributed by atoms with E-state index in [1.54, 1.807) is 6.07 Å². The predicted octanol–water partition coefficient (Wildman–Crippen LogP) is 0.805. The minimum Gasteiger partial charge on any atom is -0.480 e. The van der Waals surface area contributed by atoms with E-state index in [9.17, 15) is 14.4 Å². The molecule has 2 atom stereocenters. The van der Waals surface area contributed by atoms with Gasteiger partial charge in [0.05, 0.1) is 0 Å². The zero-order chi connectivity index (χ0) is 18.7. The smallest absolute Gasteiger partial charge is 0.326 e. The van der Waals surface area contributed by atoms with Crippen molar-refractivity contribution in [1.29, 1.82) is 5.26 Å². The van der Waals surface area contributed by atoms with Gasteiger partial charge in [0.15, 0.2) is 0 Å². The maximum atomic E-state index is 12.0. The molecule has 134 valence electrons. The number of nitrogens with one attached hydrogen (secondary N) is 2. The lowest BCUT2D eigenvalue weighted by Crippen LogP contribution is -2.42. The van der Waals surface area contributed by atoms with Gasteiger partial charge >= 0.3 is 11.9 Å². The third-order valence-electron chi connectivity index (χ3n) is 3.01. The number of nitriles is 1. The third kappa shape index (κ3) is 8.43. The van der Waals surface area contributed by atoms with E-state index in [0.717, 1.165) is 6.20 Å². The summed E-state index contributed by atoms with van der Waals surface area (Å²) in [5, 5.41) is 32.0. The number of amides is 1. The Labute approximate surface area is 145 Å². The van der Waals surface area contributed by atoms with Crippen LogP contribution in [0.2, 0.25) is 0 Å². The second-order valence-electron chi connectivity index (χ2n) is 5.50. The third-order valence-corrected chi connectivity index (χ3v) is 3.66. The Balaban J connectivity index is 4.97. The van der Waals surface area contributed by atoms with Gasteiger partial charge in [0.1, 0.15) is 23.7 Å². The first-order valence-corrected chi connectivity index (χ1v) is 8.74. The molecule has 0 aromatic carbocycles. The second-order valence-corrected chi connectivity index (χ2v) is 6.49. The Morgan fingerprint density at radius 1 is 1.21 bits per heavy atom. The molecule has 0 radical (unpaired) electrons. The molecule has 0 aliphatic heterocycles. The number of rotatable bonds is 11. The van der Waals surface area contributed by atoms with E-state index in [4.69, 9.17) is 15.5 Å². The predicted molar refractivity (Wildman–Crippen MR) is 90.3 cm³/mol. The summed E-state index contributed by atoms with van der Waals surface area (Å²) in [5.41, 5.74) is -0.375. The van der Waals surface area contributed by atoms with E-state index in [-0.39, 0.29) is 17.9 Å². The fraction of sp³-hybridized carbons (Fsp3) is 0.600. The molecule has 0 saturated carbocycles. The zero-order valence-electron chi connectivity index (χ0n) is 13.9. The lowest BCUT2D eigenvalue weighted by molar-refractivity contribution is -0.141. The van der Waals surface area contributed by atoms with Gasteiger partial charge in [0.2, 0.25) is 0 Å². The molecule has 24 heavy (non-hydrogen) atoms. The number of hydrogen-bond acceptors (Lipinski definition) is 6. The minimum absolute atomic E-state index is 0.0435. The van der Waals surface area contributed by atoms with Crippen LogP contribution in [0.4, 0.5) is 0 Å². The molecular formula is C15H23N3O5S. The topological polar surface area (TPSA) is 140 Å². The molecule has 2 unspecified atom stereocenters. The highest BCUT2D eigenvalue weighted by Crippen LogP contribution is 2.06. The minimum atomic E-state index is -1.19. The van der Waals surface area contributed by atoms with Crippen molar-refractivity contribution in [2.45, 2.75) is 38.8 Å². The Morgan fingerprint density at radius 3 is 2.21 bits per heavy atom. The summed E-state index contributed by atoms with van der Waals surface area (Å²) in [6.07, 6.45) is 3.39. The summed E-state index contributed by atoms with van der Waals surface area (Å²) in [6.45, 7) is 3.63. The number of carboxylic acid groups (broad SMARTS) is 2. The average Bonchev–Trinajstić information content (AvgIpc) is 2.49. The first kappa shape index (κ1) is 21.8. The van der Waals surface area contributed by atoms with E-state index in [1.807, 2.05) is 20.1 Å². The van der Waals surface area contributed by atoms with Gasteiger partial charge in [0.25, 0.3) is 5.91 Å². The molecule has 0 bridgehead atoms. The molecule has 8 nitrogen and oxygen atoms in total. The van der Waals surface area contributed by atoms with Crippen molar-refractivity contribution in [2.75, 3.05) is 12.0 Å². The number of thioether (sulfide) groups is 1. The summed E-state index contributed by atoms with van der Waals surface area (Å²) in [4.78, 5) is 34.3. The maximum Gasteiger partial charge on any atom is 0.326 e. The molecule has 0 aromatic rings. The molecule has 9 heteroatoms.